The van der Waals surface area contributed by atoms with Crippen LogP contribution in [0.2, 0.25) is 0 Å². The molecule has 154 valence electrons. The summed E-state index contributed by atoms with van der Waals surface area (Å²) in [6.07, 6.45) is 2.51. The first-order valence-corrected chi connectivity index (χ1v) is 10.2. The van der Waals surface area contributed by atoms with Gasteiger partial charge in [-0.3, -0.25) is 9.59 Å². The maximum Gasteiger partial charge on any atom is 0.254 e. The van der Waals surface area contributed by atoms with Gasteiger partial charge in [0.2, 0.25) is 5.91 Å². The lowest BCUT2D eigenvalue weighted by molar-refractivity contribution is -0.125. The van der Waals surface area contributed by atoms with Gasteiger partial charge in [0.15, 0.2) is 0 Å². The van der Waals surface area contributed by atoms with Crippen LogP contribution in [-0.4, -0.2) is 23.0 Å². The highest BCUT2D eigenvalue weighted by molar-refractivity contribution is 5.78. The van der Waals surface area contributed by atoms with Crippen LogP contribution in [0, 0.1) is 5.92 Å². The number of rotatable bonds is 5. The summed E-state index contributed by atoms with van der Waals surface area (Å²) in [4.78, 5) is 33.0. The van der Waals surface area contributed by atoms with E-state index in [2.05, 4.69) is 10.3 Å². The molecular formula is C24H25N3O3. The number of fused-ring (bicyclic) bond motifs is 1. The van der Waals surface area contributed by atoms with Crippen molar-refractivity contribution in [2.45, 2.75) is 32.2 Å². The van der Waals surface area contributed by atoms with Crippen molar-refractivity contribution in [3.05, 3.63) is 81.8 Å². The lowest BCUT2D eigenvalue weighted by Gasteiger charge is -2.14. The minimum Gasteiger partial charge on any atom is -0.497 e. The molecule has 4 rings (SSSR count). The zero-order chi connectivity index (χ0) is 20.9. The Morgan fingerprint density at radius 1 is 1.13 bits per heavy atom. The molecule has 6 heteroatoms. The minimum atomic E-state index is -0.135. The van der Waals surface area contributed by atoms with Crippen LogP contribution < -0.4 is 15.6 Å². The first-order valence-electron chi connectivity index (χ1n) is 10.2. The van der Waals surface area contributed by atoms with Gasteiger partial charge in [-0.25, -0.2) is 4.98 Å². The molecule has 1 aromatic heterocycles. The molecule has 2 N–H and O–H groups in total. The number of benzene rings is 2. The molecule has 30 heavy (non-hydrogen) atoms. The number of aromatic amines is 1. The average Bonchev–Trinajstić information content (AvgIpc) is 3.01. The van der Waals surface area contributed by atoms with E-state index in [1.54, 1.807) is 7.11 Å². The molecule has 0 bridgehead atoms. The second kappa shape index (κ2) is 8.95. The molecular weight excluding hydrogens is 378 g/mol. The van der Waals surface area contributed by atoms with Crippen molar-refractivity contribution in [3.63, 3.8) is 0 Å². The molecule has 0 aliphatic heterocycles. The van der Waals surface area contributed by atoms with Crippen LogP contribution in [0.4, 0.5) is 0 Å². The molecule has 1 aliphatic carbocycles. The van der Waals surface area contributed by atoms with Gasteiger partial charge in [0.05, 0.1) is 12.8 Å². The van der Waals surface area contributed by atoms with E-state index < -0.39 is 0 Å². The van der Waals surface area contributed by atoms with Crippen LogP contribution in [0.3, 0.4) is 0 Å². The Kier molecular flexibility index (Phi) is 5.93. The smallest absolute Gasteiger partial charge is 0.254 e. The van der Waals surface area contributed by atoms with Crippen molar-refractivity contribution in [1.82, 2.24) is 15.3 Å². The zero-order valence-corrected chi connectivity index (χ0v) is 17.0. The molecule has 1 aliphatic rings. The predicted octanol–water partition coefficient (Wildman–Crippen LogP) is 3.26. The van der Waals surface area contributed by atoms with Crippen molar-refractivity contribution in [2.24, 2.45) is 5.92 Å². The number of H-pyrrole nitrogens is 1. The van der Waals surface area contributed by atoms with E-state index >= 15 is 0 Å². The molecule has 1 heterocycles. The largest absolute Gasteiger partial charge is 0.497 e. The number of carbonyl (C=O) groups is 1. The lowest BCUT2D eigenvalue weighted by Crippen LogP contribution is -2.30. The van der Waals surface area contributed by atoms with Crippen LogP contribution in [-0.2, 0) is 24.2 Å². The zero-order valence-electron chi connectivity index (χ0n) is 17.0. The molecule has 1 unspecified atom stereocenters. The summed E-state index contributed by atoms with van der Waals surface area (Å²) in [5.74, 6) is 1.24. The molecule has 1 amide bonds. The SMILES string of the molecule is COc1cccc(CNC(=O)C2CCc3nc(-c4ccccc4)[nH]c(=O)c3CC2)c1. The molecule has 0 saturated heterocycles. The van der Waals surface area contributed by atoms with Crippen LogP contribution in [0.5, 0.6) is 5.75 Å². The van der Waals surface area contributed by atoms with E-state index in [1.807, 2.05) is 54.6 Å². The first-order chi connectivity index (χ1) is 14.6. The van der Waals surface area contributed by atoms with Gasteiger partial charge in [0.1, 0.15) is 11.6 Å². The highest BCUT2D eigenvalue weighted by Crippen LogP contribution is 2.24. The van der Waals surface area contributed by atoms with Crippen LogP contribution >= 0.6 is 0 Å². The number of aromatic nitrogens is 2. The summed E-state index contributed by atoms with van der Waals surface area (Å²) in [5, 5.41) is 3.03. The standard InChI is InChI=1S/C24H25N3O3/c1-30-19-9-5-6-16(14-19)15-25-23(28)18-10-12-20-21(13-11-18)26-22(27-24(20)29)17-7-3-2-4-8-17/h2-9,14,18H,10-13,15H2,1H3,(H,25,28)(H,26,27,29). The van der Waals surface area contributed by atoms with Crippen LogP contribution in [0.1, 0.15) is 29.7 Å². The number of methoxy groups -OCH3 is 1. The number of nitrogens with one attached hydrogen (secondary N) is 2. The topological polar surface area (TPSA) is 84.1 Å². The van der Waals surface area contributed by atoms with Crippen molar-refractivity contribution < 1.29 is 9.53 Å². The van der Waals surface area contributed by atoms with Gasteiger partial charge >= 0.3 is 0 Å². The molecule has 0 fully saturated rings. The van der Waals surface area contributed by atoms with Crippen LogP contribution in [0.15, 0.2) is 59.4 Å². The normalized spacial score (nSPS) is 15.7. The third-order valence-electron chi connectivity index (χ3n) is 5.59. The Morgan fingerprint density at radius 2 is 1.93 bits per heavy atom. The number of ether oxygens (including phenoxy) is 1. The maximum absolute atomic E-state index is 12.8. The van der Waals surface area contributed by atoms with Crippen molar-refractivity contribution >= 4 is 5.91 Å². The van der Waals surface area contributed by atoms with E-state index in [0.717, 1.165) is 22.6 Å². The first kappa shape index (κ1) is 19.9. The third kappa shape index (κ3) is 4.43. The second-order valence-corrected chi connectivity index (χ2v) is 7.55. The minimum absolute atomic E-state index is 0.0188. The Bertz CT molecular complexity index is 1090. The van der Waals surface area contributed by atoms with Gasteiger partial charge in [0, 0.05) is 23.6 Å². The third-order valence-corrected chi connectivity index (χ3v) is 5.59. The van der Waals surface area contributed by atoms with Gasteiger partial charge in [-0.15, -0.1) is 0 Å². The van der Waals surface area contributed by atoms with E-state index in [1.165, 1.54) is 0 Å². The predicted molar refractivity (Wildman–Crippen MR) is 115 cm³/mol. The quantitative estimate of drug-likeness (QED) is 0.641. The van der Waals surface area contributed by atoms with E-state index in [-0.39, 0.29) is 17.4 Å². The summed E-state index contributed by atoms with van der Waals surface area (Å²) in [5.41, 5.74) is 3.29. The summed E-state index contributed by atoms with van der Waals surface area (Å²) in [7, 11) is 1.62. The number of hydrogen-bond donors (Lipinski definition) is 2. The molecule has 0 saturated carbocycles. The molecule has 6 nitrogen and oxygen atoms in total. The number of aryl methyl sites for hydroxylation is 1. The number of carbonyl (C=O) groups excluding carboxylic acids is 1. The Morgan fingerprint density at radius 3 is 2.73 bits per heavy atom. The van der Waals surface area contributed by atoms with Gasteiger partial charge in [-0.2, -0.15) is 0 Å². The maximum atomic E-state index is 12.8. The Hall–Kier alpha value is -3.41. The Balaban J connectivity index is 1.44. The molecule has 3 aromatic rings. The van der Waals surface area contributed by atoms with Crippen LogP contribution in [0.25, 0.3) is 11.4 Å². The van der Waals surface area contributed by atoms with Gasteiger partial charge in [0.25, 0.3) is 5.56 Å². The van der Waals surface area contributed by atoms with Gasteiger partial charge in [-0.05, 0) is 43.4 Å². The second-order valence-electron chi connectivity index (χ2n) is 7.55. The summed E-state index contributed by atoms with van der Waals surface area (Å²) in [6.45, 7) is 0.455. The number of amides is 1. The average molecular weight is 403 g/mol. The lowest BCUT2D eigenvalue weighted by atomic mass is 9.98. The van der Waals surface area contributed by atoms with Crippen molar-refractivity contribution in [3.8, 4) is 17.1 Å². The van der Waals surface area contributed by atoms with E-state index in [4.69, 9.17) is 9.72 Å². The molecule has 2 aromatic carbocycles. The van der Waals surface area contributed by atoms with Crippen molar-refractivity contribution in [1.29, 1.82) is 0 Å². The summed E-state index contributed by atoms with van der Waals surface area (Å²) >= 11 is 0. The van der Waals surface area contributed by atoms with E-state index in [9.17, 15) is 9.59 Å². The summed E-state index contributed by atoms with van der Waals surface area (Å²) in [6, 6.07) is 17.3. The number of hydrogen-bond acceptors (Lipinski definition) is 4. The molecule has 1 atom stereocenters. The molecule has 0 radical (unpaired) electrons. The monoisotopic (exact) mass is 403 g/mol. The number of nitrogens with zero attached hydrogens (tertiary/aromatic N) is 1. The fourth-order valence-electron chi connectivity index (χ4n) is 3.89. The fraction of sp³-hybridized carbons (Fsp3) is 0.292. The summed E-state index contributed by atoms with van der Waals surface area (Å²) < 4.78 is 5.23. The van der Waals surface area contributed by atoms with Crippen molar-refractivity contribution in [2.75, 3.05) is 7.11 Å². The highest BCUT2D eigenvalue weighted by Gasteiger charge is 2.25. The molecule has 0 spiro atoms. The fourth-order valence-corrected chi connectivity index (χ4v) is 3.89. The van der Waals surface area contributed by atoms with E-state index in [0.29, 0.717) is 43.6 Å². The van der Waals surface area contributed by atoms with Gasteiger partial charge in [-0.1, -0.05) is 42.5 Å². The van der Waals surface area contributed by atoms with Gasteiger partial charge < -0.3 is 15.0 Å². The Labute approximate surface area is 175 Å². The highest BCUT2D eigenvalue weighted by atomic mass is 16.5.